The van der Waals surface area contributed by atoms with Crippen molar-refractivity contribution in [2.75, 3.05) is 26.4 Å². The molecule has 0 aromatic carbocycles. The highest BCUT2D eigenvalue weighted by Gasteiger charge is 2.47. The molecular weight excluding hydrogens is 949 g/mol. The number of unbranched alkanes of at least 4 members (excludes halogenated alkanes) is 21. The first kappa shape index (κ1) is 67.3. The van der Waals surface area contributed by atoms with E-state index < -0.39 is 99.3 Å². The molecule has 0 radical (unpaired) electrons. The summed E-state index contributed by atoms with van der Waals surface area (Å²) in [6.07, 6.45) is 36.7. The van der Waals surface area contributed by atoms with Gasteiger partial charge < -0.3 is 64.2 Å². The lowest BCUT2D eigenvalue weighted by Gasteiger charge is -2.42. The number of carbonyl (C=O) groups is 2. The molecular formula is C59H102O15. The van der Waals surface area contributed by atoms with Crippen LogP contribution in [0.15, 0.2) is 60.8 Å². The third-order valence-electron chi connectivity index (χ3n) is 13.4. The maximum atomic E-state index is 13.1. The van der Waals surface area contributed by atoms with E-state index in [1.165, 1.54) is 103 Å². The maximum Gasteiger partial charge on any atom is 0.306 e. The zero-order valence-corrected chi connectivity index (χ0v) is 45.6. The molecule has 2 rings (SSSR count). The van der Waals surface area contributed by atoms with Crippen LogP contribution in [0.4, 0.5) is 0 Å². The topological polar surface area (TPSA) is 231 Å². The molecule has 11 atom stereocenters. The molecule has 15 nitrogen and oxygen atoms in total. The van der Waals surface area contributed by atoms with Gasteiger partial charge in [0.05, 0.1) is 19.8 Å². The van der Waals surface area contributed by atoms with Gasteiger partial charge in [-0.3, -0.25) is 9.59 Å². The van der Waals surface area contributed by atoms with Crippen molar-refractivity contribution in [2.24, 2.45) is 0 Å². The average Bonchev–Trinajstić information content (AvgIpc) is 3.39. The molecule has 2 fully saturated rings. The van der Waals surface area contributed by atoms with E-state index in [4.69, 9.17) is 28.4 Å². The van der Waals surface area contributed by atoms with Crippen molar-refractivity contribution in [3.8, 4) is 0 Å². The van der Waals surface area contributed by atoms with Gasteiger partial charge in [-0.1, -0.05) is 177 Å². The van der Waals surface area contributed by atoms with Crippen LogP contribution in [0.2, 0.25) is 0 Å². The van der Waals surface area contributed by atoms with Gasteiger partial charge in [0.1, 0.15) is 55.4 Å². The van der Waals surface area contributed by atoms with Crippen LogP contribution in [0.25, 0.3) is 0 Å². The summed E-state index contributed by atoms with van der Waals surface area (Å²) in [5, 5.41) is 72.3. The second-order valence-electron chi connectivity index (χ2n) is 20.1. The second kappa shape index (κ2) is 45.2. The normalized spacial score (nSPS) is 25.1. The van der Waals surface area contributed by atoms with Crippen molar-refractivity contribution in [1.29, 1.82) is 0 Å². The SMILES string of the molecule is CCC/C=C/C/C=C/C/C=C/C/C=C/CCCCCC(=O)OC[C@H](CO[C@H]1O[C@@H](CO[C@H]2O[C@@H](CO)[C@@H](O)C(O)C2O)[C@@H](O)C(O)C1O)OC(=O)CCCCCCCCCCCCC/C=C/CCCCCCCC. The van der Waals surface area contributed by atoms with Crippen LogP contribution < -0.4 is 0 Å². The molecule has 0 aliphatic carbocycles. The Morgan fingerprint density at radius 1 is 0.432 bits per heavy atom. The molecule has 428 valence electrons. The summed E-state index contributed by atoms with van der Waals surface area (Å²) in [5.74, 6) is -0.960. The minimum absolute atomic E-state index is 0.156. The Morgan fingerprint density at radius 2 is 0.838 bits per heavy atom. The lowest BCUT2D eigenvalue weighted by atomic mass is 9.98. The first-order valence-corrected chi connectivity index (χ1v) is 28.9. The lowest BCUT2D eigenvalue weighted by Crippen LogP contribution is -2.61. The molecule has 0 bridgehead atoms. The van der Waals surface area contributed by atoms with Crippen molar-refractivity contribution in [3.05, 3.63) is 60.8 Å². The van der Waals surface area contributed by atoms with Gasteiger partial charge in [0, 0.05) is 12.8 Å². The van der Waals surface area contributed by atoms with Crippen LogP contribution in [0.1, 0.15) is 206 Å². The molecule has 2 saturated heterocycles. The number of carbonyl (C=O) groups excluding carboxylic acids is 2. The summed E-state index contributed by atoms with van der Waals surface area (Å²) in [6.45, 7) is 2.50. The molecule has 0 saturated carbocycles. The van der Waals surface area contributed by atoms with Gasteiger partial charge in [-0.25, -0.2) is 0 Å². The van der Waals surface area contributed by atoms with Crippen LogP contribution in [0.5, 0.6) is 0 Å². The predicted molar refractivity (Wildman–Crippen MR) is 289 cm³/mol. The van der Waals surface area contributed by atoms with Crippen LogP contribution in [-0.4, -0.2) is 142 Å². The third-order valence-corrected chi connectivity index (χ3v) is 13.4. The fourth-order valence-electron chi connectivity index (χ4n) is 8.73. The smallest absolute Gasteiger partial charge is 0.306 e. The number of allylic oxidation sites excluding steroid dienone is 10. The number of hydrogen-bond donors (Lipinski definition) is 7. The highest BCUT2D eigenvalue weighted by molar-refractivity contribution is 5.70. The van der Waals surface area contributed by atoms with Gasteiger partial charge in [0.2, 0.25) is 0 Å². The van der Waals surface area contributed by atoms with E-state index >= 15 is 0 Å². The Balaban J connectivity index is 1.77. The molecule has 0 aromatic rings. The maximum absolute atomic E-state index is 13.1. The van der Waals surface area contributed by atoms with Gasteiger partial charge in [-0.2, -0.15) is 0 Å². The van der Waals surface area contributed by atoms with Gasteiger partial charge >= 0.3 is 11.9 Å². The van der Waals surface area contributed by atoms with Gasteiger partial charge in [-0.15, -0.1) is 0 Å². The lowest BCUT2D eigenvalue weighted by molar-refractivity contribution is -0.332. The third kappa shape index (κ3) is 32.1. The van der Waals surface area contributed by atoms with Crippen molar-refractivity contribution in [3.63, 3.8) is 0 Å². The van der Waals surface area contributed by atoms with Gasteiger partial charge in [0.25, 0.3) is 0 Å². The van der Waals surface area contributed by atoms with E-state index in [1.54, 1.807) is 0 Å². The first-order chi connectivity index (χ1) is 36.0. The summed E-state index contributed by atoms with van der Waals surface area (Å²) < 4.78 is 33.7. The van der Waals surface area contributed by atoms with E-state index in [2.05, 4.69) is 74.6 Å². The molecule has 2 aliphatic rings. The molecule has 0 aromatic heterocycles. The fraction of sp³-hybridized carbons (Fsp3) is 0.797. The Kier molecular flexibility index (Phi) is 41.2. The van der Waals surface area contributed by atoms with E-state index in [-0.39, 0.29) is 19.4 Å². The Hall–Kier alpha value is -2.80. The molecule has 0 spiro atoms. The number of aliphatic hydroxyl groups is 7. The molecule has 0 amide bonds. The van der Waals surface area contributed by atoms with Crippen LogP contribution in [-0.2, 0) is 38.0 Å². The molecule has 74 heavy (non-hydrogen) atoms. The zero-order valence-electron chi connectivity index (χ0n) is 45.6. The standard InChI is InChI=1S/C59H102O15/c1-3-5-7-9-11-13-15-17-19-21-22-23-24-26-28-30-32-34-36-38-40-42-51(62)72-47(44-69-50(61)41-39-37-35-33-31-29-27-25-20-18-16-14-12-10-8-6-4-2)45-70-58-57(68)55(66)53(64)49(74-58)46-71-59-56(67)54(65)52(63)48(43-60)73-59/h8,10,14,16-17,19-20,25,29,31,47-49,52-60,63-68H,3-7,9,11-13,15,18,21-24,26-28,30,32-46H2,1-2H3/b10-8+,16-14+,19-17+,25-20+,31-29+/t47-,48+,49+,52-,53-,54?,55?,56?,57?,58+,59+/m1/s1. The summed E-state index contributed by atoms with van der Waals surface area (Å²) in [4.78, 5) is 25.9. The first-order valence-electron chi connectivity index (χ1n) is 28.9. The summed E-state index contributed by atoms with van der Waals surface area (Å²) in [7, 11) is 0. The minimum atomic E-state index is -1.77. The van der Waals surface area contributed by atoms with E-state index in [0.29, 0.717) is 12.8 Å². The van der Waals surface area contributed by atoms with Crippen molar-refractivity contribution >= 4 is 11.9 Å². The monoisotopic (exact) mass is 1050 g/mol. The highest BCUT2D eigenvalue weighted by atomic mass is 16.7. The molecule has 2 aliphatic heterocycles. The largest absolute Gasteiger partial charge is 0.462 e. The zero-order chi connectivity index (χ0) is 53.9. The van der Waals surface area contributed by atoms with E-state index in [9.17, 15) is 45.3 Å². The van der Waals surface area contributed by atoms with Crippen molar-refractivity contribution in [1.82, 2.24) is 0 Å². The van der Waals surface area contributed by atoms with Crippen LogP contribution in [0, 0.1) is 0 Å². The second-order valence-corrected chi connectivity index (χ2v) is 20.1. The minimum Gasteiger partial charge on any atom is -0.462 e. The Labute approximate surface area is 445 Å². The van der Waals surface area contributed by atoms with E-state index in [0.717, 1.165) is 64.2 Å². The number of ether oxygens (including phenoxy) is 6. The number of aliphatic hydroxyl groups excluding tert-OH is 7. The van der Waals surface area contributed by atoms with Gasteiger partial charge in [-0.05, 0) is 77.0 Å². The predicted octanol–water partition coefficient (Wildman–Crippen LogP) is 9.61. The van der Waals surface area contributed by atoms with Crippen LogP contribution >= 0.6 is 0 Å². The average molecular weight is 1050 g/mol. The van der Waals surface area contributed by atoms with Gasteiger partial charge in [0.15, 0.2) is 18.7 Å². The molecule has 4 unspecified atom stereocenters. The highest BCUT2D eigenvalue weighted by Crippen LogP contribution is 2.27. The Morgan fingerprint density at radius 3 is 1.35 bits per heavy atom. The summed E-state index contributed by atoms with van der Waals surface area (Å²) in [5.41, 5.74) is 0. The summed E-state index contributed by atoms with van der Waals surface area (Å²) in [6, 6.07) is 0. The van der Waals surface area contributed by atoms with Crippen LogP contribution in [0.3, 0.4) is 0 Å². The summed E-state index contributed by atoms with van der Waals surface area (Å²) >= 11 is 0. The molecule has 2 heterocycles. The van der Waals surface area contributed by atoms with E-state index in [1.807, 2.05) is 0 Å². The quantitative estimate of drug-likeness (QED) is 0.0171. The Bertz CT molecular complexity index is 1520. The molecule has 15 heteroatoms. The number of rotatable bonds is 45. The fourth-order valence-corrected chi connectivity index (χ4v) is 8.73. The number of esters is 2. The van der Waals surface area contributed by atoms with Crippen molar-refractivity contribution in [2.45, 2.75) is 274 Å². The van der Waals surface area contributed by atoms with Crippen molar-refractivity contribution < 1.29 is 73.8 Å². The molecule has 7 N–H and O–H groups in total. The number of hydrogen-bond acceptors (Lipinski definition) is 15.